The fraction of sp³-hybridized carbons (Fsp3) is 0.286. The summed E-state index contributed by atoms with van der Waals surface area (Å²) in [7, 11) is 0. The number of hydrogen-bond donors (Lipinski definition) is 1. The first-order valence-electron chi connectivity index (χ1n) is 9.28. The van der Waals surface area contributed by atoms with E-state index in [4.69, 9.17) is 4.42 Å². The van der Waals surface area contributed by atoms with Crippen molar-refractivity contribution in [2.45, 2.75) is 26.7 Å². The van der Waals surface area contributed by atoms with E-state index in [9.17, 15) is 14.4 Å². The lowest BCUT2D eigenvalue weighted by molar-refractivity contribution is -0.122. The van der Waals surface area contributed by atoms with Gasteiger partial charge in [0.2, 0.25) is 0 Å². The molecule has 2 aromatic rings. The largest absolute Gasteiger partial charge is 0.441 e. The van der Waals surface area contributed by atoms with Crippen LogP contribution in [0.5, 0.6) is 0 Å². The molecule has 4 amide bonds. The summed E-state index contributed by atoms with van der Waals surface area (Å²) in [5, 5.41) is 2.24. The van der Waals surface area contributed by atoms with Gasteiger partial charge >= 0.3 is 6.03 Å². The van der Waals surface area contributed by atoms with Gasteiger partial charge in [-0.15, -0.1) is 0 Å². The Morgan fingerprint density at radius 2 is 1.79 bits per heavy atom. The maximum Gasteiger partial charge on any atom is 0.335 e. The van der Waals surface area contributed by atoms with Crippen molar-refractivity contribution in [3.63, 3.8) is 0 Å². The van der Waals surface area contributed by atoms with E-state index >= 15 is 0 Å². The zero-order valence-electron chi connectivity index (χ0n) is 15.8. The maximum absolute atomic E-state index is 13.0. The molecule has 2 aliphatic rings. The third-order valence-corrected chi connectivity index (χ3v) is 5.24. The first kappa shape index (κ1) is 18.0. The van der Waals surface area contributed by atoms with Crippen LogP contribution in [-0.2, 0) is 9.59 Å². The standard InChI is InChI=1S/C21H21N3O4/c1-13-6-5-7-17(14(13)2)24-20(26)16(19(25)22-21(24)27)12-15-8-9-18(28-15)23-10-3-4-11-23/h5-9,12H,3-4,10-11H2,1-2H3,(H,22,25,27). The number of carbonyl (C=O) groups is 3. The highest BCUT2D eigenvalue weighted by Crippen LogP contribution is 2.28. The molecule has 7 nitrogen and oxygen atoms in total. The molecule has 0 saturated carbocycles. The second-order valence-electron chi connectivity index (χ2n) is 7.05. The molecule has 144 valence electrons. The lowest BCUT2D eigenvalue weighted by Gasteiger charge is -2.27. The molecule has 2 fully saturated rings. The Morgan fingerprint density at radius 1 is 1.04 bits per heavy atom. The van der Waals surface area contributed by atoms with Gasteiger partial charge in [0.15, 0.2) is 5.88 Å². The summed E-state index contributed by atoms with van der Waals surface area (Å²) >= 11 is 0. The molecule has 1 N–H and O–H groups in total. The van der Waals surface area contributed by atoms with Gasteiger partial charge in [0, 0.05) is 19.2 Å². The minimum Gasteiger partial charge on any atom is -0.441 e. The summed E-state index contributed by atoms with van der Waals surface area (Å²) in [5.74, 6) is -0.275. The third-order valence-electron chi connectivity index (χ3n) is 5.24. The minimum atomic E-state index is -0.752. The van der Waals surface area contributed by atoms with Crippen LogP contribution in [0.4, 0.5) is 16.4 Å². The monoisotopic (exact) mass is 379 g/mol. The van der Waals surface area contributed by atoms with E-state index in [-0.39, 0.29) is 5.57 Å². The zero-order valence-corrected chi connectivity index (χ0v) is 15.8. The highest BCUT2D eigenvalue weighted by molar-refractivity contribution is 6.39. The van der Waals surface area contributed by atoms with E-state index < -0.39 is 17.8 Å². The number of nitrogens with zero attached hydrogens (tertiary/aromatic N) is 2. The summed E-state index contributed by atoms with van der Waals surface area (Å²) in [6, 6.07) is 8.16. The topological polar surface area (TPSA) is 82.9 Å². The van der Waals surface area contributed by atoms with Crippen LogP contribution < -0.4 is 15.1 Å². The number of furan rings is 1. The summed E-state index contributed by atoms with van der Waals surface area (Å²) in [4.78, 5) is 40.8. The lowest BCUT2D eigenvalue weighted by atomic mass is 10.0. The summed E-state index contributed by atoms with van der Waals surface area (Å²) in [5.41, 5.74) is 2.07. The number of amides is 4. The van der Waals surface area contributed by atoms with Crippen LogP contribution in [0.15, 0.2) is 40.3 Å². The van der Waals surface area contributed by atoms with Crippen LogP contribution in [0.25, 0.3) is 6.08 Å². The predicted octanol–water partition coefficient (Wildman–Crippen LogP) is 3.16. The third kappa shape index (κ3) is 3.09. The molecule has 28 heavy (non-hydrogen) atoms. The van der Waals surface area contributed by atoms with Gasteiger partial charge in [0.1, 0.15) is 11.3 Å². The van der Waals surface area contributed by atoms with Crippen molar-refractivity contribution in [1.82, 2.24) is 5.32 Å². The van der Waals surface area contributed by atoms with Crippen molar-refractivity contribution in [1.29, 1.82) is 0 Å². The molecule has 4 rings (SSSR count). The van der Waals surface area contributed by atoms with E-state index in [1.807, 2.05) is 26.0 Å². The first-order chi connectivity index (χ1) is 13.5. The van der Waals surface area contributed by atoms with E-state index in [0.29, 0.717) is 11.4 Å². The molecule has 2 saturated heterocycles. The van der Waals surface area contributed by atoms with E-state index in [1.54, 1.807) is 18.2 Å². The normalized spacial score (nSPS) is 18.9. The molecule has 7 heteroatoms. The van der Waals surface area contributed by atoms with Crippen LogP contribution in [0.3, 0.4) is 0 Å². The van der Waals surface area contributed by atoms with Crippen molar-refractivity contribution < 1.29 is 18.8 Å². The Labute approximate surface area is 162 Å². The van der Waals surface area contributed by atoms with Crippen molar-refractivity contribution in [3.8, 4) is 0 Å². The van der Waals surface area contributed by atoms with Crippen LogP contribution in [0.1, 0.15) is 29.7 Å². The smallest absolute Gasteiger partial charge is 0.335 e. The number of nitrogens with one attached hydrogen (secondary N) is 1. The van der Waals surface area contributed by atoms with Crippen LogP contribution in [0, 0.1) is 13.8 Å². The van der Waals surface area contributed by atoms with Gasteiger partial charge in [0.05, 0.1) is 5.69 Å². The van der Waals surface area contributed by atoms with Gasteiger partial charge in [0.25, 0.3) is 11.8 Å². The Kier molecular flexibility index (Phi) is 4.50. The Balaban J connectivity index is 1.68. The summed E-state index contributed by atoms with van der Waals surface area (Å²) in [6.45, 7) is 5.59. The van der Waals surface area contributed by atoms with Crippen LogP contribution in [0.2, 0.25) is 0 Å². The number of hydrogen-bond acceptors (Lipinski definition) is 5. The molecular formula is C21H21N3O4. The predicted molar refractivity (Wildman–Crippen MR) is 105 cm³/mol. The Bertz CT molecular complexity index is 999. The number of urea groups is 1. The number of anilines is 2. The fourth-order valence-corrected chi connectivity index (χ4v) is 3.52. The van der Waals surface area contributed by atoms with Crippen molar-refractivity contribution in [3.05, 3.63) is 52.8 Å². The highest BCUT2D eigenvalue weighted by atomic mass is 16.4. The molecule has 0 aliphatic carbocycles. The van der Waals surface area contributed by atoms with E-state index in [0.717, 1.165) is 47.8 Å². The quantitative estimate of drug-likeness (QED) is 0.654. The highest BCUT2D eigenvalue weighted by Gasteiger charge is 2.37. The summed E-state index contributed by atoms with van der Waals surface area (Å²) < 4.78 is 5.79. The molecule has 0 bridgehead atoms. The molecule has 0 radical (unpaired) electrons. The second-order valence-corrected chi connectivity index (χ2v) is 7.05. The maximum atomic E-state index is 13.0. The van der Waals surface area contributed by atoms with Crippen molar-refractivity contribution in [2.24, 2.45) is 0 Å². The molecule has 2 aliphatic heterocycles. The second kappa shape index (κ2) is 6.99. The number of carbonyl (C=O) groups excluding carboxylic acids is 3. The molecular weight excluding hydrogens is 358 g/mol. The average Bonchev–Trinajstić information content (AvgIpc) is 3.33. The molecule has 0 spiro atoms. The number of rotatable bonds is 3. The van der Waals surface area contributed by atoms with Crippen molar-refractivity contribution in [2.75, 3.05) is 22.9 Å². The zero-order chi connectivity index (χ0) is 19.8. The van der Waals surface area contributed by atoms with Crippen LogP contribution >= 0.6 is 0 Å². The van der Waals surface area contributed by atoms with Gasteiger partial charge in [-0.05, 0) is 56.0 Å². The number of aryl methyl sites for hydroxylation is 1. The Hall–Kier alpha value is -3.35. The van der Waals surface area contributed by atoms with Crippen molar-refractivity contribution >= 4 is 35.5 Å². The lowest BCUT2D eigenvalue weighted by Crippen LogP contribution is -2.54. The number of imide groups is 2. The molecule has 1 aromatic carbocycles. The van der Waals surface area contributed by atoms with Crippen LogP contribution in [-0.4, -0.2) is 30.9 Å². The average molecular weight is 379 g/mol. The van der Waals surface area contributed by atoms with Gasteiger partial charge in [-0.3, -0.25) is 14.9 Å². The molecule has 0 atom stereocenters. The molecule has 1 aromatic heterocycles. The van der Waals surface area contributed by atoms with E-state index in [2.05, 4.69) is 10.2 Å². The Morgan fingerprint density at radius 3 is 2.54 bits per heavy atom. The summed E-state index contributed by atoms with van der Waals surface area (Å²) in [6.07, 6.45) is 3.62. The molecule has 3 heterocycles. The van der Waals surface area contributed by atoms with Gasteiger partial charge in [-0.25, -0.2) is 9.69 Å². The molecule has 0 unspecified atom stereocenters. The number of benzene rings is 1. The van der Waals surface area contributed by atoms with E-state index in [1.165, 1.54) is 6.08 Å². The minimum absolute atomic E-state index is 0.136. The van der Waals surface area contributed by atoms with Gasteiger partial charge < -0.3 is 9.32 Å². The van der Waals surface area contributed by atoms with Gasteiger partial charge in [-0.1, -0.05) is 12.1 Å². The van der Waals surface area contributed by atoms with Gasteiger partial charge in [-0.2, -0.15) is 0 Å². The first-order valence-corrected chi connectivity index (χ1v) is 9.28. The fourth-order valence-electron chi connectivity index (χ4n) is 3.52. The number of barbiturate groups is 1. The SMILES string of the molecule is Cc1cccc(N2C(=O)NC(=O)C(=Cc3ccc(N4CCCC4)o3)C2=O)c1C.